The smallest absolute Gasteiger partial charge is 0.240 e. The third-order valence-electron chi connectivity index (χ3n) is 2.45. The molecule has 0 unspecified atom stereocenters. The molecule has 0 saturated heterocycles. The SMILES string of the molecule is COc1ccc(O)c(CNCc2nc(C)no2)c1. The highest BCUT2D eigenvalue weighted by Gasteiger charge is 2.05. The van der Waals surface area contributed by atoms with Gasteiger partial charge in [0.25, 0.3) is 0 Å². The minimum atomic E-state index is 0.227. The third-order valence-corrected chi connectivity index (χ3v) is 2.45. The highest BCUT2D eigenvalue weighted by atomic mass is 16.5. The Morgan fingerprint density at radius 1 is 1.39 bits per heavy atom. The van der Waals surface area contributed by atoms with Gasteiger partial charge in [-0.3, -0.25) is 0 Å². The zero-order valence-electron chi connectivity index (χ0n) is 10.3. The molecule has 0 aliphatic heterocycles. The molecule has 0 radical (unpaired) electrons. The second kappa shape index (κ2) is 5.50. The van der Waals surface area contributed by atoms with Crippen molar-refractivity contribution in [2.45, 2.75) is 20.0 Å². The fourth-order valence-electron chi connectivity index (χ4n) is 1.55. The lowest BCUT2D eigenvalue weighted by molar-refractivity contribution is 0.363. The lowest BCUT2D eigenvalue weighted by Crippen LogP contribution is -2.13. The van der Waals surface area contributed by atoms with Crippen LogP contribution in [0.1, 0.15) is 17.3 Å². The van der Waals surface area contributed by atoms with Gasteiger partial charge in [0.1, 0.15) is 11.5 Å². The van der Waals surface area contributed by atoms with E-state index < -0.39 is 0 Å². The zero-order valence-corrected chi connectivity index (χ0v) is 10.3. The number of aromatic hydroxyl groups is 1. The van der Waals surface area contributed by atoms with Gasteiger partial charge in [-0.2, -0.15) is 4.98 Å². The first-order chi connectivity index (χ1) is 8.69. The molecule has 2 N–H and O–H groups in total. The molecule has 2 rings (SSSR count). The van der Waals surface area contributed by atoms with E-state index >= 15 is 0 Å². The Morgan fingerprint density at radius 2 is 2.22 bits per heavy atom. The van der Waals surface area contributed by atoms with E-state index in [-0.39, 0.29) is 5.75 Å². The van der Waals surface area contributed by atoms with Crippen LogP contribution in [-0.2, 0) is 13.1 Å². The van der Waals surface area contributed by atoms with E-state index in [1.165, 1.54) is 0 Å². The number of aromatic nitrogens is 2. The van der Waals surface area contributed by atoms with Crippen LogP contribution in [0.15, 0.2) is 22.7 Å². The molecule has 0 saturated carbocycles. The number of phenolic OH excluding ortho intramolecular Hbond substituents is 1. The number of nitrogens with one attached hydrogen (secondary N) is 1. The van der Waals surface area contributed by atoms with Crippen molar-refractivity contribution in [2.75, 3.05) is 7.11 Å². The summed E-state index contributed by atoms with van der Waals surface area (Å²) in [6.07, 6.45) is 0. The van der Waals surface area contributed by atoms with E-state index in [2.05, 4.69) is 15.5 Å². The lowest BCUT2D eigenvalue weighted by Gasteiger charge is -2.07. The molecule has 1 heterocycles. The van der Waals surface area contributed by atoms with Crippen molar-refractivity contribution in [3.8, 4) is 11.5 Å². The second-order valence-corrected chi connectivity index (χ2v) is 3.83. The number of nitrogens with zero attached hydrogens (tertiary/aromatic N) is 2. The monoisotopic (exact) mass is 249 g/mol. The van der Waals surface area contributed by atoms with Crippen LogP contribution in [0.4, 0.5) is 0 Å². The molecular weight excluding hydrogens is 234 g/mol. The van der Waals surface area contributed by atoms with Crippen LogP contribution in [0.3, 0.4) is 0 Å². The zero-order chi connectivity index (χ0) is 13.0. The first-order valence-corrected chi connectivity index (χ1v) is 5.55. The second-order valence-electron chi connectivity index (χ2n) is 3.83. The van der Waals surface area contributed by atoms with Crippen molar-refractivity contribution in [1.82, 2.24) is 15.5 Å². The maximum absolute atomic E-state index is 9.68. The van der Waals surface area contributed by atoms with Gasteiger partial charge in [-0.1, -0.05) is 5.16 Å². The van der Waals surface area contributed by atoms with Crippen LogP contribution >= 0.6 is 0 Å². The molecule has 6 nitrogen and oxygen atoms in total. The number of aryl methyl sites for hydroxylation is 1. The number of rotatable bonds is 5. The van der Waals surface area contributed by atoms with Gasteiger partial charge in [0.05, 0.1) is 13.7 Å². The fourth-order valence-corrected chi connectivity index (χ4v) is 1.55. The largest absolute Gasteiger partial charge is 0.508 e. The Balaban J connectivity index is 1.93. The van der Waals surface area contributed by atoms with Gasteiger partial charge < -0.3 is 19.7 Å². The first kappa shape index (κ1) is 12.4. The molecule has 0 spiro atoms. The Labute approximate surface area is 105 Å². The summed E-state index contributed by atoms with van der Waals surface area (Å²) in [7, 11) is 1.59. The highest BCUT2D eigenvalue weighted by molar-refractivity contribution is 5.39. The van der Waals surface area contributed by atoms with Crippen LogP contribution in [0.25, 0.3) is 0 Å². The molecule has 1 aromatic heterocycles. The molecule has 0 aliphatic carbocycles. The van der Waals surface area contributed by atoms with Gasteiger partial charge in [0.2, 0.25) is 5.89 Å². The van der Waals surface area contributed by atoms with E-state index in [0.29, 0.717) is 30.6 Å². The normalized spacial score (nSPS) is 10.6. The van der Waals surface area contributed by atoms with Gasteiger partial charge in [0, 0.05) is 12.1 Å². The summed E-state index contributed by atoms with van der Waals surface area (Å²) >= 11 is 0. The summed E-state index contributed by atoms with van der Waals surface area (Å²) < 4.78 is 10.1. The number of phenols is 1. The number of hydrogen-bond donors (Lipinski definition) is 2. The van der Waals surface area contributed by atoms with Crippen LogP contribution < -0.4 is 10.1 Å². The summed E-state index contributed by atoms with van der Waals surface area (Å²) in [6, 6.07) is 5.09. The molecule has 0 bridgehead atoms. The molecule has 0 fully saturated rings. The summed E-state index contributed by atoms with van der Waals surface area (Å²) in [4.78, 5) is 4.07. The summed E-state index contributed by atoms with van der Waals surface area (Å²) in [6.45, 7) is 2.71. The molecule has 1 aromatic carbocycles. The van der Waals surface area contributed by atoms with E-state index in [1.807, 2.05) is 0 Å². The number of ether oxygens (including phenoxy) is 1. The molecule has 96 valence electrons. The van der Waals surface area contributed by atoms with Crippen LogP contribution in [-0.4, -0.2) is 22.4 Å². The first-order valence-electron chi connectivity index (χ1n) is 5.55. The topological polar surface area (TPSA) is 80.4 Å². The van der Waals surface area contributed by atoms with E-state index in [9.17, 15) is 5.11 Å². The quantitative estimate of drug-likeness (QED) is 0.833. The molecule has 0 atom stereocenters. The Bertz CT molecular complexity index is 525. The van der Waals surface area contributed by atoms with Crippen molar-refractivity contribution < 1.29 is 14.4 Å². The van der Waals surface area contributed by atoms with Crippen LogP contribution in [0, 0.1) is 6.92 Å². The van der Waals surface area contributed by atoms with Crippen LogP contribution in [0.2, 0.25) is 0 Å². The molecule has 0 aliphatic rings. The molecular formula is C12H15N3O3. The van der Waals surface area contributed by atoms with E-state index in [4.69, 9.17) is 9.26 Å². The summed E-state index contributed by atoms with van der Waals surface area (Å²) in [5.41, 5.74) is 0.755. The highest BCUT2D eigenvalue weighted by Crippen LogP contribution is 2.22. The molecule has 2 aromatic rings. The number of hydrogen-bond acceptors (Lipinski definition) is 6. The molecule has 6 heteroatoms. The summed E-state index contributed by atoms with van der Waals surface area (Å²) in [5.74, 6) is 2.06. The standard InChI is InChI=1S/C12H15N3O3/c1-8-14-12(18-15-8)7-13-6-9-5-10(17-2)3-4-11(9)16/h3-5,13,16H,6-7H2,1-2H3. The van der Waals surface area contributed by atoms with Gasteiger partial charge in [-0.15, -0.1) is 0 Å². The van der Waals surface area contributed by atoms with Gasteiger partial charge in [-0.05, 0) is 25.1 Å². The minimum Gasteiger partial charge on any atom is -0.508 e. The van der Waals surface area contributed by atoms with Crippen molar-refractivity contribution in [3.63, 3.8) is 0 Å². The third kappa shape index (κ3) is 2.98. The maximum Gasteiger partial charge on any atom is 0.240 e. The predicted octanol–water partition coefficient (Wildman–Crippen LogP) is 1.38. The lowest BCUT2D eigenvalue weighted by atomic mass is 10.2. The minimum absolute atomic E-state index is 0.227. The van der Waals surface area contributed by atoms with Crippen LogP contribution in [0.5, 0.6) is 11.5 Å². The van der Waals surface area contributed by atoms with Gasteiger partial charge >= 0.3 is 0 Å². The molecule has 0 amide bonds. The Kier molecular flexibility index (Phi) is 3.78. The van der Waals surface area contributed by atoms with E-state index in [0.717, 1.165) is 5.56 Å². The fraction of sp³-hybridized carbons (Fsp3) is 0.333. The van der Waals surface area contributed by atoms with Crippen molar-refractivity contribution in [2.24, 2.45) is 0 Å². The Hall–Kier alpha value is -2.08. The maximum atomic E-state index is 9.68. The van der Waals surface area contributed by atoms with Gasteiger partial charge in [0.15, 0.2) is 5.82 Å². The van der Waals surface area contributed by atoms with Crippen molar-refractivity contribution in [1.29, 1.82) is 0 Å². The average Bonchev–Trinajstić information content (AvgIpc) is 2.77. The average molecular weight is 249 g/mol. The predicted molar refractivity (Wildman–Crippen MR) is 64.2 cm³/mol. The van der Waals surface area contributed by atoms with Gasteiger partial charge in [-0.25, -0.2) is 0 Å². The van der Waals surface area contributed by atoms with Crippen molar-refractivity contribution >= 4 is 0 Å². The number of methoxy groups -OCH3 is 1. The van der Waals surface area contributed by atoms with Crippen molar-refractivity contribution in [3.05, 3.63) is 35.5 Å². The number of benzene rings is 1. The Morgan fingerprint density at radius 3 is 2.89 bits per heavy atom. The molecule has 18 heavy (non-hydrogen) atoms. The summed E-state index contributed by atoms with van der Waals surface area (Å²) in [5, 5.41) is 16.5. The van der Waals surface area contributed by atoms with E-state index in [1.54, 1.807) is 32.2 Å².